The van der Waals surface area contributed by atoms with Crippen LogP contribution in [0.5, 0.6) is 0 Å². The summed E-state index contributed by atoms with van der Waals surface area (Å²) < 4.78 is 0. The van der Waals surface area contributed by atoms with Crippen molar-refractivity contribution in [3.63, 3.8) is 0 Å². The monoisotopic (exact) mass is 265 g/mol. The van der Waals surface area contributed by atoms with Crippen molar-refractivity contribution < 1.29 is 0 Å². The molecule has 0 saturated heterocycles. The molecule has 2 aromatic rings. The molecule has 0 amide bonds. The van der Waals surface area contributed by atoms with Crippen LogP contribution in [0.25, 0.3) is 0 Å². The molecule has 2 N–H and O–H groups in total. The van der Waals surface area contributed by atoms with Crippen molar-refractivity contribution in [3.8, 4) is 6.07 Å². The first-order valence-corrected chi connectivity index (χ1v) is 6.77. The molecule has 0 bridgehead atoms. The van der Waals surface area contributed by atoms with Gasteiger partial charge in [-0.15, -0.1) is 0 Å². The summed E-state index contributed by atoms with van der Waals surface area (Å²) >= 11 is 0. The molecule has 1 unspecified atom stereocenters. The van der Waals surface area contributed by atoms with Crippen LogP contribution in [0.2, 0.25) is 0 Å². The second-order valence-corrected chi connectivity index (χ2v) is 4.78. The fourth-order valence-electron chi connectivity index (χ4n) is 2.13. The van der Waals surface area contributed by atoms with Crippen LogP contribution in [-0.4, -0.2) is 6.54 Å². The first-order chi connectivity index (χ1) is 9.72. The highest BCUT2D eigenvalue weighted by atomic mass is 15.1. The van der Waals surface area contributed by atoms with E-state index in [0.717, 1.165) is 16.9 Å². The Labute approximate surface area is 120 Å². The van der Waals surface area contributed by atoms with Crippen molar-refractivity contribution in [2.75, 3.05) is 11.4 Å². The molecule has 1 atom stereocenters. The van der Waals surface area contributed by atoms with Gasteiger partial charge in [0.25, 0.3) is 0 Å². The summed E-state index contributed by atoms with van der Waals surface area (Å²) in [4.78, 5) is 2.15. The quantitative estimate of drug-likeness (QED) is 0.895. The maximum absolute atomic E-state index is 8.83. The van der Waals surface area contributed by atoms with E-state index in [4.69, 9.17) is 11.0 Å². The predicted octanol–water partition coefficient (Wildman–Crippen LogP) is 3.76. The fourth-order valence-corrected chi connectivity index (χ4v) is 2.13. The Morgan fingerprint density at radius 3 is 2.20 bits per heavy atom. The molecular weight excluding hydrogens is 246 g/mol. The van der Waals surface area contributed by atoms with Crippen molar-refractivity contribution in [3.05, 3.63) is 60.2 Å². The Bertz CT molecular complexity index is 567. The smallest absolute Gasteiger partial charge is 0.0640 e. The van der Waals surface area contributed by atoms with Crippen molar-refractivity contribution in [1.29, 1.82) is 5.26 Å². The number of rotatable bonds is 5. The van der Waals surface area contributed by atoms with Gasteiger partial charge in [-0.2, -0.15) is 5.26 Å². The molecule has 0 heterocycles. The molecular formula is C17H19N3. The van der Waals surface area contributed by atoms with Crippen LogP contribution in [0.1, 0.15) is 24.9 Å². The van der Waals surface area contributed by atoms with Gasteiger partial charge < -0.3 is 10.6 Å². The molecule has 102 valence electrons. The van der Waals surface area contributed by atoms with E-state index in [0.29, 0.717) is 13.0 Å². The molecule has 0 aliphatic rings. The highest BCUT2D eigenvalue weighted by Crippen LogP contribution is 2.26. The number of nitrogens with zero attached hydrogens (tertiary/aromatic N) is 2. The Morgan fingerprint density at radius 1 is 1.05 bits per heavy atom. The minimum Gasteiger partial charge on any atom is -0.340 e. The zero-order valence-corrected chi connectivity index (χ0v) is 11.7. The average molecular weight is 265 g/mol. The van der Waals surface area contributed by atoms with E-state index in [1.165, 1.54) is 0 Å². The first kappa shape index (κ1) is 14.1. The van der Waals surface area contributed by atoms with Crippen molar-refractivity contribution >= 4 is 11.4 Å². The molecule has 3 heteroatoms. The van der Waals surface area contributed by atoms with Crippen LogP contribution in [0.4, 0.5) is 11.4 Å². The minimum atomic E-state index is 0.0355. The van der Waals surface area contributed by atoms with E-state index >= 15 is 0 Å². The maximum atomic E-state index is 8.83. The molecule has 0 saturated carbocycles. The van der Waals surface area contributed by atoms with Gasteiger partial charge in [-0.1, -0.05) is 30.3 Å². The lowest BCUT2D eigenvalue weighted by atomic mass is 10.1. The molecule has 0 aliphatic carbocycles. The summed E-state index contributed by atoms with van der Waals surface area (Å²) in [5.74, 6) is 0. The second-order valence-electron chi connectivity index (χ2n) is 4.78. The zero-order chi connectivity index (χ0) is 14.4. The fraction of sp³-hybridized carbons (Fsp3) is 0.235. The largest absolute Gasteiger partial charge is 0.340 e. The van der Waals surface area contributed by atoms with Crippen molar-refractivity contribution in [2.24, 2.45) is 5.73 Å². The van der Waals surface area contributed by atoms with E-state index in [1.807, 2.05) is 37.3 Å². The van der Waals surface area contributed by atoms with Gasteiger partial charge in [0, 0.05) is 24.0 Å². The standard InChI is InChI=1S/C17H19N3/c1-14(19)15-8-10-17(11-9-15)20(13-5-12-18)16-6-3-2-4-7-16/h2-4,6-11,14H,5,13,19H2,1H3. The Kier molecular flexibility index (Phi) is 4.75. The second kappa shape index (κ2) is 6.74. The first-order valence-electron chi connectivity index (χ1n) is 6.77. The van der Waals surface area contributed by atoms with E-state index < -0.39 is 0 Å². The van der Waals surface area contributed by atoms with Gasteiger partial charge in [0.1, 0.15) is 0 Å². The molecule has 0 fully saturated rings. The van der Waals surface area contributed by atoms with E-state index in [-0.39, 0.29) is 6.04 Å². The SMILES string of the molecule is CC(N)c1ccc(N(CCC#N)c2ccccc2)cc1. The lowest BCUT2D eigenvalue weighted by Gasteiger charge is -2.24. The van der Waals surface area contributed by atoms with Gasteiger partial charge in [-0.05, 0) is 36.8 Å². The summed E-state index contributed by atoms with van der Waals surface area (Å²) in [7, 11) is 0. The van der Waals surface area contributed by atoms with Gasteiger partial charge in [0.2, 0.25) is 0 Å². The predicted molar refractivity (Wildman–Crippen MR) is 82.7 cm³/mol. The molecule has 0 radical (unpaired) electrons. The van der Waals surface area contributed by atoms with Crippen LogP contribution >= 0.6 is 0 Å². The Hall–Kier alpha value is -2.31. The maximum Gasteiger partial charge on any atom is 0.0640 e. The van der Waals surface area contributed by atoms with Crippen LogP contribution in [0.3, 0.4) is 0 Å². The number of anilines is 2. The average Bonchev–Trinajstić information content (AvgIpc) is 2.49. The van der Waals surface area contributed by atoms with Crippen LogP contribution < -0.4 is 10.6 Å². The third kappa shape index (κ3) is 3.37. The van der Waals surface area contributed by atoms with Crippen molar-refractivity contribution in [1.82, 2.24) is 0 Å². The van der Waals surface area contributed by atoms with Gasteiger partial charge in [-0.25, -0.2) is 0 Å². The summed E-state index contributed by atoms with van der Waals surface area (Å²) in [5, 5.41) is 8.83. The van der Waals surface area contributed by atoms with E-state index in [9.17, 15) is 0 Å². The normalized spacial score (nSPS) is 11.7. The van der Waals surface area contributed by atoms with Crippen LogP contribution in [0, 0.1) is 11.3 Å². The molecule has 0 spiro atoms. The summed E-state index contributed by atoms with van der Waals surface area (Å²) in [6, 6.07) is 20.6. The Balaban J connectivity index is 2.29. The third-order valence-corrected chi connectivity index (χ3v) is 3.25. The summed E-state index contributed by atoms with van der Waals surface area (Å²) in [6.07, 6.45) is 0.490. The van der Waals surface area contributed by atoms with Gasteiger partial charge >= 0.3 is 0 Å². The lowest BCUT2D eigenvalue weighted by Crippen LogP contribution is -2.18. The molecule has 3 nitrogen and oxygen atoms in total. The van der Waals surface area contributed by atoms with Gasteiger partial charge in [-0.3, -0.25) is 0 Å². The molecule has 2 rings (SSSR count). The summed E-state index contributed by atoms with van der Waals surface area (Å²) in [5.41, 5.74) is 9.16. The number of benzene rings is 2. The highest BCUT2D eigenvalue weighted by Gasteiger charge is 2.09. The van der Waals surface area contributed by atoms with E-state index in [1.54, 1.807) is 0 Å². The van der Waals surface area contributed by atoms with E-state index in [2.05, 4.69) is 35.2 Å². The Morgan fingerprint density at radius 2 is 1.65 bits per heavy atom. The molecule has 0 aromatic heterocycles. The van der Waals surface area contributed by atoms with Gasteiger partial charge in [0.05, 0.1) is 12.5 Å². The number of para-hydroxylation sites is 1. The lowest BCUT2D eigenvalue weighted by molar-refractivity contribution is 0.817. The number of nitrogens with two attached hydrogens (primary N) is 1. The third-order valence-electron chi connectivity index (χ3n) is 3.25. The number of hydrogen-bond donors (Lipinski definition) is 1. The van der Waals surface area contributed by atoms with Crippen LogP contribution in [0.15, 0.2) is 54.6 Å². The van der Waals surface area contributed by atoms with Gasteiger partial charge in [0.15, 0.2) is 0 Å². The number of nitriles is 1. The summed E-state index contributed by atoms with van der Waals surface area (Å²) in [6.45, 7) is 2.65. The minimum absolute atomic E-state index is 0.0355. The molecule has 0 aliphatic heterocycles. The highest BCUT2D eigenvalue weighted by molar-refractivity contribution is 5.63. The zero-order valence-electron chi connectivity index (χ0n) is 11.7. The van der Waals surface area contributed by atoms with Crippen LogP contribution in [-0.2, 0) is 0 Å². The molecule has 2 aromatic carbocycles. The number of hydrogen-bond acceptors (Lipinski definition) is 3. The molecule has 20 heavy (non-hydrogen) atoms. The van der Waals surface area contributed by atoms with Crippen molar-refractivity contribution in [2.45, 2.75) is 19.4 Å². The topological polar surface area (TPSA) is 53.0 Å².